The minimum Gasteiger partial charge on any atom is -0.355 e. The lowest BCUT2D eigenvalue weighted by Crippen LogP contribution is -2.53. The highest BCUT2D eigenvalue weighted by atomic mass is 16.2. The number of hydrogen-bond acceptors (Lipinski definition) is 4. The van der Waals surface area contributed by atoms with Crippen LogP contribution in [0, 0.1) is 0 Å². The van der Waals surface area contributed by atoms with E-state index in [9.17, 15) is 14.4 Å². The van der Waals surface area contributed by atoms with E-state index in [-0.39, 0.29) is 36.2 Å². The third-order valence-electron chi connectivity index (χ3n) is 4.56. The Morgan fingerprint density at radius 1 is 1.00 bits per heavy atom. The van der Waals surface area contributed by atoms with E-state index >= 15 is 0 Å². The summed E-state index contributed by atoms with van der Waals surface area (Å²) in [5.74, 6) is -0.285. The lowest BCUT2D eigenvalue weighted by Gasteiger charge is -2.26. The molecular weight excluding hydrogens is 258 g/mol. The van der Waals surface area contributed by atoms with Gasteiger partial charge >= 0.3 is 0 Å². The topological polar surface area (TPSA) is 78.5 Å². The molecule has 2 atom stereocenters. The minimum atomic E-state index is -0.517. The molecule has 0 radical (unpaired) electrons. The second-order valence-corrected chi connectivity index (χ2v) is 5.95. The predicted molar refractivity (Wildman–Crippen MR) is 71.7 cm³/mol. The van der Waals surface area contributed by atoms with Gasteiger partial charge in [-0.1, -0.05) is 12.8 Å². The maximum Gasteiger partial charge on any atom is 0.247 e. The summed E-state index contributed by atoms with van der Waals surface area (Å²) >= 11 is 0. The Balaban J connectivity index is 1.64. The highest BCUT2D eigenvalue weighted by Crippen LogP contribution is 2.28. The van der Waals surface area contributed by atoms with Crippen LogP contribution in [-0.4, -0.2) is 47.3 Å². The van der Waals surface area contributed by atoms with Gasteiger partial charge in [0.05, 0.1) is 18.5 Å². The fourth-order valence-corrected chi connectivity index (χ4v) is 3.50. The maximum atomic E-state index is 12.4. The maximum absolute atomic E-state index is 12.4. The summed E-state index contributed by atoms with van der Waals surface area (Å²) in [6, 6.07) is -0.770. The molecule has 0 bridgehead atoms. The fraction of sp³-hybridized carbons (Fsp3) is 0.786. The van der Waals surface area contributed by atoms with Crippen LogP contribution in [0.4, 0.5) is 0 Å². The van der Waals surface area contributed by atoms with E-state index in [0.717, 1.165) is 38.5 Å². The first kappa shape index (κ1) is 13.5. The Kier molecular flexibility index (Phi) is 3.74. The van der Waals surface area contributed by atoms with Gasteiger partial charge in [-0.2, -0.15) is 0 Å². The molecule has 2 saturated heterocycles. The van der Waals surface area contributed by atoms with Gasteiger partial charge in [0.2, 0.25) is 17.7 Å². The van der Waals surface area contributed by atoms with Crippen LogP contribution in [0.2, 0.25) is 0 Å². The standard InChI is InChI=1S/C14H21N3O3/c18-12-8-11(16-10-6-3-7-15-13(10)19)14(20)17(12)9-4-1-2-5-9/h9-11,16H,1-8H2,(H,15,19). The first-order chi connectivity index (χ1) is 9.66. The minimum absolute atomic E-state index is 0.0594. The molecule has 3 aliphatic rings. The van der Waals surface area contributed by atoms with Crippen LogP contribution in [0.25, 0.3) is 0 Å². The molecule has 2 unspecified atom stereocenters. The number of rotatable bonds is 3. The molecule has 3 fully saturated rings. The Hall–Kier alpha value is -1.43. The fourth-order valence-electron chi connectivity index (χ4n) is 3.50. The smallest absolute Gasteiger partial charge is 0.247 e. The molecule has 0 aromatic carbocycles. The third kappa shape index (κ3) is 2.44. The quantitative estimate of drug-likeness (QED) is 0.709. The van der Waals surface area contributed by atoms with Gasteiger partial charge in [-0.25, -0.2) is 0 Å². The van der Waals surface area contributed by atoms with Crippen molar-refractivity contribution in [3.05, 3.63) is 0 Å². The summed E-state index contributed by atoms with van der Waals surface area (Å²) in [7, 11) is 0. The van der Waals surface area contributed by atoms with Crippen molar-refractivity contribution in [2.24, 2.45) is 0 Å². The second kappa shape index (κ2) is 5.52. The molecule has 0 aromatic heterocycles. The predicted octanol–water partition coefficient (Wildman–Crippen LogP) is -0.0753. The monoisotopic (exact) mass is 279 g/mol. The van der Waals surface area contributed by atoms with Crippen LogP contribution in [0.1, 0.15) is 44.9 Å². The summed E-state index contributed by atoms with van der Waals surface area (Å²) in [6.07, 6.45) is 5.86. The van der Waals surface area contributed by atoms with E-state index in [4.69, 9.17) is 0 Å². The summed E-state index contributed by atoms with van der Waals surface area (Å²) < 4.78 is 0. The average molecular weight is 279 g/mol. The van der Waals surface area contributed by atoms with Crippen molar-refractivity contribution in [2.75, 3.05) is 6.54 Å². The zero-order chi connectivity index (χ0) is 14.1. The number of carbonyl (C=O) groups is 3. The van der Waals surface area contributed by atoms with Crippen molar-refractivity contribution in [3.63, 3.8) is 0 Å². The molecule has 0 aromatic rings. The molecule has 1 aliphatic carbocycles. The van der Waals surface area contributed by atoms with Gasteiger partial charge in [0.1, 0.15) is 0 Å². The third-order valence-corrected chi connectivity index (χ3v) is 4.56. The molecule has 6 heteroatoms. The average Bonchev–Trinajstić information content (AvgIpc) is 3.02. The summed E-state index contributed by atoms with van der Waals surface area (Å²) in [5.41, 5.74) is 0. The van der Waals surface area contributed by atoms with Crippen LogP contribution in [0.3, 0.4) is 0 Å². The van der Waals surface area contributed by atoms with Gasteiger partial charge in [0.15, 0.2) is 0 Å². The molecule has 2 N–H and O–H groups in total. The Labute approximate surface area is 118 Å². The largest absolute Gasteiger partial charge is 0.355 e. The molecule has 6 nitrogen and oxygen atoms in total. The van der Waals surface area contributed by atoms with Gasteiger partial charge in [-0.15, -0.1) is 0 Å². The van der Waals surface area contributed by atoms with E-state index in [1.807, 2.05) is 0 Å². The molecular formula is C14H21N3O3. The normalized spacial score (nSPS) is 32.0. The lowest BCUT2D eigenvalue weighted by atomic mass is 10.1. The van der Waals surface area contributed by atoms with Gasteiger partial charge in [-0.05, 0) is 25.7 Å². The van der Waals surface area contributed by atoms with E-state index in [1.165, 1.54) is 4.90 Å². The van der Waals surface area contributed by atoms with Gasteiger partial charge < -0.3 is 5.32 Å². The molecule has 20 heavy (non-hydrogen) atoms. The van der Waals surface area contributed by atoms with Crippen molar-refractivity contribution in [1.29, 1.82) is 0 Å². The number of hydrogen-bond donors (Lipinski definition) is 2. The number of amides is 3. The van der Waals surface area contributed by atoms with Crippen molar-refractivity contribution in [1.82, 2.24) is 15.5 Å². The van der Waals surface area contributed by atoms with Crippen molar-refractivity contribution >= 4 is 17.7 Å². The lowest BCUT2D eigenvalue weighted by molar-refractivity contribution is -0.141. The van der Waals surface area contributed by atoms with Crippen molar-refractivity contribution in [3.8, 4) is 0 Å². The Morgan fingerprint density at radius 2 is 1.75 bits per heavy atom. The number of nitrogens with zero attached hydrogens (tertiary/aromatic N) is 1. The number of nitrogens with one attached hydrogen (secondary N) is 2. The van der Waals surface area contributed by atoms with Gasteiger partial charge in [0, 0.05) is 12.6 Å². The van der Waals surface area contributed by atoms with Crippen LogP contribution >= 0.6 is 0 Å². The van der Waals surface area contributed by atoms with Crippen LogP contribution in [0.5, 0.6) is 0 Å². The van der Waals surface area contributed by atoms with Crippen LogP contribution in [0.15, 0.2) is 0 Å². The zero-order valence-corrected chi connectivity index (χ0v) is 11.6. The molecule has 3 amide bonds. The second-order valence-electron chi connectivity index (χ2n) is 5.95. The van der Waals surface area contributed by atoms with E-state index < -0.39 is 6.04 Å². The molecule has 3 rings (SSSR count). The first-order valence-corrected chi connectivity index (χ1v) is 7.56. The van der Waals surface area contributed by atoms with E-state index in [1.54, 1.807) is 0 Å². The van der Waals surface area contributed by atoms with E-state index in [2.05, 4.69) is 10.6 Å². The highest BCUT2D eigenvalue weighted by molar-refractivity contribution is 6.06. The number of carbonyl (C=O) groups excluding carboxylic acids is 3. The molecule has 1 saturated carbocycles. The van der Waals surface area contributed by atoms with Crippen LogP contribution < -0.4 is 10.6 Å². The number of likely N-dealkylation sites (tertiary alicyclic amines) is 1. The number of piperidine rings is 1. The van der Waals surface area contributed by atoms with Crippen molar-refractivity contribution < 1.29 is 14.4 Å². The van der Waals surface area contributed by atoms with Gasteiger partial charge in [0.25, 0.3) is 0 Å². The molecule has 110 valence electrons. The van der Waals surface area contributed by atoms with Crippen LogP contribution in [-0.2, 0) is 14.4 Å². The van der Waals surface area contributed by atoms with E-state index in [0.29, 0.717) is 6.54 Å². The summed E-state index contributed by atoms with van der Waals surface area (Å²) in [5, 5.41) is 5.86. The van der Waals surface area contributed by atoms with Gasteiger partial charge in [-0.3, -0.25) is 24.6 Å². The molecule has 0 spiro atoms. The SMILES string of the molecule is O=C1NCCCC1NC1CC(=O)N(C2CCCC2)C1=O. The highest BCUT2D eigenvalue weighted by Gasteiger charge is 2.44. The Morgan fingerprint density at radius 3 is 2.45 bits per heavy atom. The molecule has 2 heterocycles. The zero-order valence-electron chi connectivity index (χ0n) is 11.6. The first-order valence-electron chi connectivity index (χ1n) is 7.56. The summed E-state index contributed by atoms with van der Waals surface area (Å²) in [6.45, 7) is 0.697. The number of imide groups is 1. The molecule has 2 aliphatic heterocycles. The Bertz CT molecular complexity index is 431. The summed E-state index contributed by atoms with van der Waals surface area (Å²) in [4.78, 5) is 37.6. The van der Waals surface area contributed by atoms with Crippen molar-refractivity contribution in [2.45, 2.75) is 63.1 Å².